The Morgan fingerprint density at radius 1 is 1.19 bits per heavy atom. The van der Waals surface area contributed by atoms with Crippen molar-refractivity contribution < 1.29 is 19.4 Å². The predicted octanol–water partition coefficient (Wildman–Crippen LogP) is 5.47. The van der Waals surface area contributed by atoms with Crippen molar-refractivity contribution in [1.29, 1.82) is 0 Å². The number of allylic oxidation sites excluding steroid dienone is 2. The summed E-state index contributed by atoms with van der Waals surface area (Å²) in [5.74, 6) is 2.04. The molecule has 0 bridgehead atoms. The lowest BCUT2D eigenvalue weighted by Crippen LogP contribution is -2.52. The minimum Gasteiger partial charge on any atom is -0.481 e. The van der Waals surface area contributed by atoms with E-state index in [1.807, 2.05) is 0 Å². The lowest BCUT2D eigenvalue weighted by molar-refractivity contribution is -0.136. The van der Waals surface area contributed by atoms with Gasteiger partial charge in [-0.1, -0.05) is 38.0 Å². The van der Waals surface area contributed by atoms with E-state index in [1.165, 1.54) is 12.0 Å². The number of fused-ring (bicyclic) bond motifs is 5. The molecule has 5 nitrogen and oxygen atoms in total. The van der Waals surface area contributed by atoms with Crippen LogP contribution in [0.4, 0.5) is 0 Å². The Morgan fingerprint density at radius 2 is 1.97 bits per heavy atom. The standard InChI is InChI=1S/C26H35NO4/c1-4-15-9-17-12-18(28)5-7-25(17,2)19-6-8-26(3)20(23(15)19)10-16(11-22(29)30)24(26)21-13-27-14-31-21/h9,13-15,18-20,23,28H,4-8,10-12H2,1-3H3,(H,29,30)/t15?,18?,19-,20+,23-,25+,26+/m1/s1. The summed E-state index contributed by atoms with van der Waals surface area (Å²) in [6.07, 6.45) is 12.5. The summed E-state index contributed by atoms with van der Waals surface area (Å²) in [6.45, 7) is 7.07. The number of oxazole rings is 1. The summed E-state index contributed by atoms with van der Waals surface area (Å²) in [5.41, 5.74) is 3.72. The van der Waals surface area contributed by atoms with Crippen molar-refractivity contribution in [2.45, 2.75) is 78.2 Å². The fourth-order valence-corrected chi connectivity index (χ4v) is 8.12. The van der Waals surface area contributed by atoms with E-state index in [2.05, 4.69) is 31.8 Å². The summed E-state index contributed by atoms with van der Waals surface area (Å²) in [6, 6.07) is 0. The number of nitrogens with zero attached hydrogens (tertiary/aromatic N) is 1. The van der Waals surface area contributed by atoms with Crippen LogP contribution in [0.25, 0.3) is 5.57 Å². The highest BCUT2D eigenvalue weighted by atomic mass is 16.4. The second-order valence-corrected chi connectivity index (χ2v) is 10.9. The molecule has 31 heavy (non-hydrogen) atoms. The van der Waals surface area contributed by atoms with Gasteiger partial charge in [0.05, 0.1) is 18.7 Å². The van der Waals surface area contributed by atoms with Gasteiger partial charge in [0.25, 0.3) is 0 Å². The molecular formula is C26H35NO4. The Hall–Kier alpha value is -1.88. The van der Waals surface area contributed by atoms with E-state index in [9.17, 15) is 15.0 Å². The normalized spacial score (nSPS) is 41.9. The van der Waals surface area contributed by atoms with Crippen LogP contribution in [0.2, 0.25) is 0 Å². The first-order valence-electron chi connectivity index (χ1n) is 12.0. The maximum absolute atomic E-state index is 11.7. The van der Waals surface area contributed by atoms with E-state index in [0.717, 1.165) is 61.9 Å². The van der Waals surface area contributed by atoms with Gasteiger partial charge in [0.2, 0.25) is 0 Å². The van der Waals surface area contributed by atoms with Crippen LogP contribution >= 0.6 is 0 Å². The van der Waals surface area contributed by atoms with Crippen LogP contribution in [-0.4, -0.2) is 27.3 Å². The van der Waals surface area contributed by atoms with Crippen LogP contribution in [0.5, 0.6) is 0 Å². The molecule has 7 atom stereocenters. The van der Waals surface area contributed by atoms with Gasteiger partial charge in [0.1, 0.15) is 0 Å². The minimum atomic E-state index is -0.767. The van der Waals surface area contributed by atoms with Gasteiger partial charge in [-0.25, -0.2) is 4.98 Å². The molecule has 2 N–H and O–H groups in total. The summed E-state index contributed by atoms with van der Waals surface area (Å²) < 4.78 is 5.75. The number of carboxylic acid groups (broad SMARTS) is 1. The van der Waals surface area contributed by atoms with Gasteiger partial charge in [-0.15, -0.1) is 0 Å². The van der Waals surface area contributed by atoms with Crippen molar-refractivity contribution in [3.63, 3.8) is 0 Å². The van der Waals surface area contributed by atoms with Crippen molar-refractivity contribution in [2.24, 2.45) is 34.5 Å². The van der Waals surface area contributed by atoms with Gasteiger partial charge in [-0.05, 0) is 79.4 Å². The van der Waals surface area contributed by atoms with Crippen LogP contribution in [0.1, 0.15) is 77.9 Å². The average molecular weight is 426 g/mol. The molecule has 168 valence electrons. The second-order valence-electron chi connectivity index (χ2n) is 10.9. The van der Waals surface area contributed by atoms with Crippen molar-refractivity contribution in [1.82, 2.24) is 4.98 Å². The maximum atomic E-state index is 11.7. The molecule has 0 aromatic carbocycles. The minimum absolute atomic E-state index is 0.0746. The largest absolute Gasteiger partial charge is 0.481 e. The molecule has 2 saturated carbocycles. The van der Waals surface area contributed by atoms with E-state index in [1.54, 1.807) is 6.20 Å². The highest BCUT2D eigenvalue weighted by Gasteiger charge is 2.60. The summed E-state index contributed by atoms with van der Waals surface area (Å²) in [7, 11) is 0. The Balaban J connectivity index is 1.59. The second kappa shape index (κ2) is 7.33. The number of hydrogen-bond acceptors (Lipinski definition) is 4. The number of carboxylic acids is 1. The van der Waals surface area contributed by atoms with E-state index < -0.39 is 5.97 Å². The molecule has 0 radical (unpaired) electrons. The number of carbonyl (C=O) groups is 1. The summed E-state index contributed by atoms with van der Waals surface area (Å²) in [5, 5.41) is 20.0. The molecule has 2 unspecified atom stereocenters. The molecule has 0 spiro atoms. The first-order valence-corrected chi connectivity index (χ1v) is 12.0. The van der Waals surface area contributed by atoms with E-state index in [-0.39, 0.29) is 23.4 Å². The van der Waals surface area contributed by atoms with Gasteiger partial charge < -0.3 is 14.6 Å². The number of hydrogen-bond donors (Lipinski definition) is 2. The molecule has 4 aliphatic carbocycles. The van der Waals surface area contributed by atoms with Gasteiger partial charge in [-0.3, -0.25) is 4.79 Å². The molecule has 1 aromatic heterocycles. The number of aliphatic hydroxyl groups is 1. The zero-order valence-corrected chi connectivity index (χ0v) is 18.9. The van der Waals surface area contributed by atoms with Crippen molar-refractivity contribution in [2.75, 3.05) is 0 Å². The molecule has 5 heteroatoms. The molecule has 4 aliphatic rings. The lowest BCUT2D eigenvalue weighted by Gasteiger charge is -2.59. The van der Waals surface area contributed by atoms with Crippen LogP contribution in [0.15, 0.2) is 34.2 Å². The van der Waals surface area contributed by atoms with Crippen LogP contribution in [0, 0.1) is 34.5 Å². The monoisotopic (exact) mass is 425 g/mol. The van der Waals surface area contributed by atoms with E-state index in [4.69, 9.17) is 4.42 Å². The fourth-order valence-electron chi connectivity index (χ4n) is 8.12. The van der Waals surface area contributed by atoms with Gasteiger partial charge in [0.15, 0.2) is 12.2 Å². The van der Waals surface area contributed by atoms with Gasteiger partial charge in [-0.2, -0.15) is 0 Å². The fraction of sp³-hybridized carbons (Fsp3) is 0.692. The van der Waals surface area contributed by atoms with Crippen LogP contribution in [-0.2, 0) is 4.79 Å². The van der Waals surface area contributed by atoms with Gasteiger partial charge >= 0.3 is 5.97 Å². The highest BCUT2D eigenvalue weighted by Crippen LogP contribution is 2.69. The predicted molar refractivity (Wildman–Crippen MR) is 118 cm³/mol. The third kappa shape index (κ3) is 3.06. The van der Waals surface area contributed by atoms with Crippen LogP contribution in [0.3, 0.4) is 0 Å². The van der Waals surface area contributed by atoms with E-state index >= 15 is 0 Å². The molecule has 0 aliphatic heterocycles. The molecule has 0 saturated heterocycles. The van der Waals surface area contributed by atoms with E-state index in [0.29, 0.717) is 23.7 Å². The molecule has 1 heterocycles. The van der Waals surface area contributed by atoms with Crippen LogP contribution < -0.4 is 0 Å². The topological polar surface area (TPSA) is 83.6 Å². The number of aromatic nitrogens is 1. The average Bonchev–Trinajstić information content (AvgIpc) is 3.32. The Kier molecular flexibility index (Phi) is 4.96. The van der Waals surface area contributed by atoms with Gasteiger partial charge in [0, 0.05) is 5.57 Å². The summed E-state index contributed by atoms with van der Waals surface area (Å²) >= 11 is 0. The highest BCUT2D eigenvalue weighted by molar-refractivity contribution is 5.80. The summed E-state index contributed by atoms with van der Waals surface area (Å²) in [4.78, 5) is 15.9. The Bertz CT molecular complexity index is 931. The molecular weight excluding hydrogens is 390 g/mol. The lowest BCUT2D eigenvalue weighted by atomic mass is 9.45. The van der Waals surface area contributed by atoms with Crippen molar-refractivity contribution in [3.05, 3.63) is 35.6 Å². The maximum Gasteiger partial charge on any atom is 0.307 e. The first kappa shape index (κ1) is 21.0. The number of rotatable bonds is 4. The smallest absolute Gasteiger partial charge is 0.307 e. The zero-order valence-electron chi connectivity index (χ0n) is 18.9. The Labute approximate surface area is 184 Å². The molecule has 0 amide bonds. The zero-order chi connectivity index (χ0) is 22.0. The molecule has 1 aromatic rings. The quantitative estimate of drug-likeness (QED) is 0.625. The third-order valence-corrected chi connectivity index (χ3v) is 9.54. The number of aliphatic carboxylic acids is 1. The van der Waals surface area contributed by atoms with Crippen molar-refractivity contribution >= 4 is 11.5 Å². The molecule has 5 rings (SSSR count). The van der Waals surface area contributed by atoms with Crippen molar-refractivity contribution in [3.8, 4) is 0 Å². The third-order valence-electron chi connectivity index (χ3n) is 9.54. The number of aliphatic hydroxyl groups excluding tert-OH is 1. The SMILES string of the molecule is CCC1C=C2CC(O)CC[C@]2(C)[C@@H]2CC[C@]3(C)C(c4cnco4)=C(CC(=O)O)C[C@H]3[C@H]12. The molecule has 2 fully saturated rings. The first-order chi connectivity index (χ1) is 14.8. The Morgan fingerprint density at radius 3 is 2.65 bits per heavy atom.